The third kappa shape index (κ3) is 5.66. The predicted molar refractivity (Wildman–Crippen MR) is 88.6 cm³/mol. The number of hydrogen-bond acceptors (Lipinski definition) is 3. The highest BCUT2D eigenvalue weighted by atomic mass is 35.5. The average molecular weight is 326 g/mol. The molecular formula is C16H24ClN3O2. The fraction of sp³-hybridized carbons (Fsp3) is 0.500. The Bertz CT molecular complexity index is 476. The number of benzene rings is 1. The van der Waals surface area contributed by atoms with Gasteiger partial charge in [-0.15, -0.1) is 12.4 Å². The minimum atomic E-state index is -0.744. The van der Waals surface area contributed by atoms with E-state index in [1.165, 1.54) is 0 Å². The van der Waals surface area contributed by atoms with Crippen molar-refractivity contribution in [1.82, 2.24) is 10.6 Å². The van der Waals surface area contributed by atoms with Crippen LogP contribution in [0.2, 0.25) is 0 Å². The molecule has 122 valence electrons. The average Bonchev–Trinajstić information content (AvgIpc) is 2.52. The number of nitrogens with two attached hydrogens (primary N) is 1. The molecule has 4 N–H and O–H groups in total. The monoisotopic (exact) mass is 325 g/mol. The maximum absolute atomic E-state index is 12.0. The van der Waals surface area contributed by atoms with Crippen molar-refractivity contribution >= 4 is 24.2 Å². The zero-order valence-corrected chi connectivity index (χ0v) is 13.4. The summed E-state index contributed by atoms with van der Waals surface area (Å²) in [5.74, 6) is -0.0432. The first-order valence-corrected chi connectivity index (χ1v) is 7.51. The zero-order chi connectivity index (χ0) is 15.1. The number of rotatable bonds is 6. The van der Waals surface area contributed by atoms with E-state index in [2.05, 4.69) is 10.6 Å². The molecule has 0 radical (unpaired) electrons. The minimum Gasteiger partial charge on any atom is -0.368 e. The minimum absolute atomic E-state index is 0. The van der Waals surface area contributed by atoms with E-state index in [4.69, 9.17) is 5.73 Å². The molecule has 0 saturated carbocycles. The fourth-order valence-corrected chi connectivity index (χ4v) is 2.70. The fourth-order valence-electron chi connectivity index (χ4n) is 2.70. The number of piperidine rings is 1. The van der Waals surface area contributed by atoms with Crippen molar-refractivity contribution in [3.63, 3.8) is 0 Å². The van der Waals surface area contributed by atoms with Crippen molar-refractivity contribution in [3.05, 3.63) is 35.9 Å². The third-order valence-electron chi connectivity index (χ3n) is 3.96. The lowest BCUT2D eigenvalue weighted by Gasteiger charge is -2.22. The number of nitrogens with one attached hydrogen (secondary N) is 2. The standard InChI is InChI=1S/C16H23N3O2.ClH/c17-16(21)15(13-4-2-1-3-5-13)19-14(20)7-6-12-8-10-18-11-9-12;/h1-5,12,15,18H,6-11H2,(H2,17,21)(H,19,20);1H. The summed E-state index contributed by atoms with van der Waals surface area (Å²) < 4.78 is 0. The van der Waals surface area contributed by atoms with Crippen molar-refractivity contribution in [2.45, 2.75) is 31.7 Å². The van der Waals surface area contributed by atoms with Gasteiger partial charge in [0, 0.05) is 6.42 Å². The van der Waals surface area contributed by atoms with Crippen LogP contribution in [0.25, 0.3) is 0 Å². The van der Waals surface area contributed by atoms with Crippen LogP contribution in [-0.2, 0) is 9.59 Å². The van der Waals surface area contributed by atoms with Gasteiger partial charge in [-0.2, -0.15) is 0 Å². The predicted octanol–water partition coefficient (Wildman–Crippen LogP) is 1.53. The van der Waals surface area contributed by atoms with E-state index in [-0.39, 0.29) is 18.3 Å². The van der Waals surface area contributed by atoms with Crippen molar-refractivity contribution in [3.8, 4) is 0 Å². The first-order valence-electron chi connectivity index (χ1n) is 7.51. The molecule has 1 unspecified atom stereocenters. The summed E-state index contributed by atoms with van der Waals surface area (Å²) in [4.78, 5) is 23.6. The normalized spacial score (nSPS) is 16.4. The van der Waals surface area contributed by atoms with Gasteiger partial charge in [0.05, 0.1) is 0 Å². The summed E-state index contributed by atoms with van der Waals surface area (Å²) in [7, 11) is 0. The van der Waals surface area contributed by atoms with Crippen LogP contribution in [-0.4, -0.2) is 24.9 Å². The van der Waals surface area contributed by atoms with Gasteiger partial charge >= 0.3 is 0 Å². The SMILES string of the molecule is Cl.NC(=O)C(NC(=O)CCC1CCNCC1)c1ccccc1. The van der Waals surface area contributed by atoms with Gasteiger partial charge < -0.3 is 16.4 Å². The molecule has 1 aromatic carbocycles. The largest absolute Gasteiger partial charge is 0.368 e. The van der Waals surface area contributed by atoms with Crippen molar-refractivity contribution in [1.29, 1.82) is 0 Å². The third-order valence-corrected chi connectivity index (χ3v) is 3.96. The summed E-state index contributed by atoms with van der Waals surface area (Å²) in [5, 5.41) is 6.05. The van der Waals surface area contributed by atoms with Gasteiger partial charge in [-0.3, -0.25) is 9.59 Å². The number of hydrogen-bond donors (Lipinski definition) is 3. The smallest absolute Gasteiger partial charge is 0.244 e. The second-order valence-corrected chi connectivity index (χ2v) is 5.55. The number of primary amides is 1. The van der Waals surface area contributed by atoms with Crippen LogP contribution in [0.15, 0.2) is 30.3 Å². The van der Waals surface area contributed by atoms with Crippen LogP contribution in [0.4, 0.5) is 0 Å². The second-order valence-electron chi connectivity index (χ2n) is 5.55. The maximum atomic E-state index is 12.0. The number of amides is 2. The molecule has 1 fully saturated rings. The zero-order valence-electron chi connectivity index (χ0n) is 12.6. The molecule has 0 spiro atoms. The first kappa shape index (κ1) is 18.5. The molecule has 2 amide bonds. The van der Waals surface area contributed by atoms with Crippen LogP contribution in [0.1, 0.15) is 37.3 Å². The van der Waals surface area contributed by atoms with Crippen molar-refractivity contribution in [2.24, 2.45) is 11.7 Å². The summed E-state index contributed by atoms with van der Waals surface area (Å²) in [5.41, 5.74) is 6.12. The molecule has 6 heteroatoms. The van der Waals surface area contributed by atoms with E-state index in [9.17, 15) is 9.59 Å². The van der Waals surface area contributed by atoms with Crippen molar-refractivity contribution in [2.75, 3.05) is 13.1 Å². The Morgan fingerprint density at radius 3 is 2.45 bits per heavy atom. The van der Waals surface area contributed by atoms with Gasteiger partial charge in [-0.25, -0.2) is 0 Å². The second kappa shape index (κ2) is 9.43. The molecule has 1 atom stereocenters. The van der Waals surface area contributed by atoms with E-state index in [0.717, 1.165) is 37.9 Å². The summed E-state index contributed by atoms with van der Waals surface area (Å²) in [6.45, 7) is 2.06. The number of carbonyl (C=O) groups is 2. The topological polar surface area (TPSA) is 84.2 Å². The van der Waals surface area contributed by atoms with E-state index in [1.54, 1.807) is 12.1 Å². The van der Waals surface area contributed by atoms with E-state index in [0.29, 0.717) is 12.3 Å². The quantitative estimate of drug-likeness (QED) is 0.741. The highest BCUT2D eigenvalue weighted by Gasteiger charge is 2.21. The van der Waals surface area contributed by atoms with E-state index < -0.39 is 11.9 Å². The lowest BCUT2D eigenvalue weighted by Crippen LogP contribution is -2.37. The van der Waals surface area contributed by atoms with Gasteiger partial charge in [-0.05, 0) is 43.8 Å². The van der Waals surface area contributed by atoms with Crippen LogP contribution < -0.4 is 16.4 Å². The summed E-state index contributed by atoms with van der Waals surface area (Å²) in [6, 6.07) is 8.36. The Morgan fingerprint density at radius 2 is 1.86 bits per heavy atom. The Labute approximate surface area is 137 Å². The lowest BCUT2D eigenvalue weighted by atomic mass is 9.93. The molecule has 2 rings (SSSR count). The highest BCUT2D eigenvalue weighted by molar-refractivity contribution is 5.87. The Kier molecular flexibility index (Phi) is 7.91. The van der Waals surface area contributed by atoms with E-state index in [1.807, 2.05) is 18.2 Å². The van der Waals surface area contributed by atoms with Crippen LogP contribution in [0, 0.1) is 5.92 Å². The van der Waals surface area contributed by atoms with Gasteiger partial charge in [0.15, 0.2) is 0 Å². The molecule has 0 aliphatic carbocycles. The first-order chi connectivity index (χ1) is 10.2. The molecule has 1 saturated heterocycles. The molecule has 1 aliphatic heterocycles. The molecule has 1 aromatic rings. The molecule has 5 nitrogen and oxygen atoms in total. The molecule has 0 aromatic heterocycles. The van der Waals surface area contributed by atoms with Crippen LogP contribution >= 0.6 is 12.4 Å². The summed E-state index contributed by atoms with van der Waals surface area (Å²) in [6.07, 6.45) is 3.55. The molecular weight excluding hydrogens is 302 g/mol. The van der Waals surface area contributed by atoms with Gasteiger partial charge in [0.25, 0.3) is 0 Å². The van der Waals surface area contributed by atoms with E-state index >= 15 is 0 Å². The Hall–Kier alpha value is -1.59. The molecule has 0 bridgehead atoms. The van der Waals surface area contributed by atoms with Gasteiger partial charge in [-0.1, -0.05) is 30.3 Å². The van der Waals surface area contributed by atoms with Crippen LogP contribution in [0.3, 0.4) is 0 Å². The van der Waals surface area contributed by atoms with Crippen LogP contribution in [0.5, 0.6) is 0 Å². The van der Waals surface area contributed by atoms with Crippen molar-refractivity contribution < 1.29 is 9.59 Å². The molecule has 22 heavy (non-hydrogen) atoms. The Balaban J connectivity index is 0.00000242. The van der Waals surface area contributed by atoms with Gasteiger partial charge in [0.1, 0.15) is 6.04 Å². The molecule has 1 aliphatic rings. The highest BCUT2D eigenvalue weighted by Crippen LogP contribution is 2.18. The van der Waals surface area contributed by atoms with Gasteiger partial charge in [0.2, 0.25) is 11.8 Å². The maximum Gasteiger partial charge on any atom is 0.244 e. The lowest BCUT2D eigenvalue weighted by molar-refractivity contribution is -0.127. The number of carbonyl (C=O) groups excluding carboxylic acids is 2. The molecule has 1 heterocycles. The summed E-state index contributed by atoms with van der Waals surface area (Å²) >= 11 is 0. The Morgan fingerprint density at radius 1 is 1.23 bits per heavy atom. The number of halogens is 1.